The summed E-state index contributed by atoms with van der Waals surface area (Å²) in [6, 6.07) is 0. The van der Waals surface area contributed by atoms with E-state index in [9.17, 15) is 9.59 Å². The van der Waals surface area contributed by atoms with Gasteiger partial charge in [-0.3, -0.25) is 4.79 Å². The number of nitrogens with one attached hydrogen (secondary N) is 1. The number of amides is 1. The second-order valence-corrected chi connectivity index (χ2v) is 7.03. The predicted molar refractivity (Wildman–Crippen MR) is 92.1 cm³/mol. The molecule has 128 valence electrons. The maximum atomic E-state index is 11.9. The second-order valence-electron chi connectivity index (χ2n) is 6.24. The molecule has 1 aromatic heterocycles. The average molecular weight is 369 g/mol. The summed E-state index contributed by atoms with van der Waals surface area (Å²) in [5, 5.41) is 3.21. The number of rotatable bonds is 6. The quantitative estimate of drug-likeness (QED) is 0.610. The van der Waals surface area contributed by atoms with Gasteiger partial charge in [0.15, 0.2) is 12.4 Å². The number of ether oxygens (including phenoxy) is 1. The largest absolute Gasteiger partial charge is 0.452 e. The van der Waals surface area contributed by atoms with Crippen LogP contribution in [0.5, 0.6) is 0 Å². The number of hydrogen-bond acceptors (Lipinski definition) is 4. The zero-order valence-electron chi connectivity index (χ0n) is 13.3. The van der Waals surface area contributed by atoms with Gasteiger partial charge in [0.05, 0.1) is 10.0 Å². The van der Waals surface area contributed by atoms with Crippen LogP contribution in [0.4, 0.5) is 5.82 Å². The fourth-order valence-electron chi connectivity index (χ4n) is 2.53. The van der Waals surface area contributed by atoms with Crippen molar-refractivity contribution in [3.63, 3.8) is 0 Å². The summed E-state index contributed by atoms with van der Waals surface area (Å²) in [7, 11) is 0. The maximum absolute atomic E-state index is 11.9. The number of anilines is 1. The van der Waals surface area contributed by atoms with Crippen molar-refractivity contribution in [2.45, 2.75) is 32.6 Å². The van der Waals surface area contributed by atoms with Crippen molar-refractivity contribution < 1.29 is 14.3 Å². The van der Waals surface area contributed by atoms with Crippen LogP contribution in [0, 0.1) is 18.8 Å². The number of esters is 1. The van der Waals surface area contributed by atoms with E-state index in [-0.39, 0.29) is 17.4 Å². The summed E-state index contributed by atoms with van der Waals surface area (Å²) in [6.07, 6.45) is 7.57. The number of hydrogen-bond donors (Lipinski definition) is 1. The van der Waals surface area contributed by atoms with E-state index in [0.29, 0.717) is 22.4 Å². The monoisotopic (exact) mass is 368 g/mol. The Kier molecular flexibility index (Phi) is 5.11. The first kappa shape index (κ1) is 17.2. The van der Waals surface area contributed by atoms with Crippen molar-refractivity contribution in [1.82, 2.24) is 4.98 Å². The molecule has 0 radical (unpaired) electrons. The molecule has 0 atom stereocenters. The molecule has 0 spiro atoms. The molecule has 0 bridgehead atoms. The Hall–Kier alpha value is -1.59. The van der Waals surface area contributed by atoms with Gasteiger partial charge < -0.3 is 10.1 Å². The second kappa shape index (κ2) is 7.11. The molecule has 2 aliphatic carbocycles. The number of halogens is 2. The Labute approximate surface area is 150 Å². The minimum absolute atomic E-state index is 0.201. The Morgan fingerprint density at radius 1 is 1.29 bits per heavy atom. The maximum Gasteiger partial charge on any atom is 0.331 e. The molecule has 0 unspecified atom stereocenters. The highest BCUT2D eigenvalue weighted by Gasteiger charge is 2.36. The summed E-state index contributed by atoms with van der Waals surface area (Å²) in [4.78, 5) is 27.8. The van der Waals surface area contributed by atoms with Gasteiger partial charge in [-0.15, -0.1) is 0 Å². The summed E-state index contributed by atoms with van der Waals surface area (Å²) >= 11 is 12.0. The summed E-state index contributed by atoms with van der Waals surface area (Å²) < 4.78 is 5.03. The van der Waals surface area contributed by atoms with E-state index in [0.717, 1.165) is 25.7 Å². The van der Waals surface area contributed by atoms with Gasteiger partial charge in [0.1, 0.15) is 0 Å². The van der Waals surface area contributed by atoms with Crippen LogP contribution in [0.2, 0.25) is 10.0 Å². The third-order valence-electron chi connectivity index (χ3n) is 4.19. The predicted octanol–water partition coefficient (Wildman–Crippen LogP) is 3.92. The van der Waals surface area contributed by atoms with Crippen molar-refractivity contribution in [1.29, 1.82) is 0 Å². The topological polar surface area (TPSA) is 68.3 Å². The fraction of sp³-hybridized carbons (Fsp3) is 0.471. The molecule has 2 aliphatic rings. The number of aromatic nitrogens is 1. The van der Waals surface area contributed by atoms with E-state index in [4.69, 9.17) is 27.9 Å². The molecular weight excluding hydrogens is 351 g/mol. The van der Waals surface area contributed by atoms with Gasteiger partial charge in [0, 0.05) is 12.3 Å². The van der Waals surface area contributed by atoms with Crippen molar-refractivity contribution in [3.8, 4) is 0 Å². The molecule has 0 saturated heterocycles. The summed E-state index contributed by atoms with van der Waals surface area (Å²) in [5.74, 6) is 0.321. The van der Waals surface area contributed by atoms with Gasteiger partial charge in [-0.1, -0.05) is 28.8 Å². The smallest absolute Gasteiger partial charge is 0.331 e. The lowest BCUT2D eigenvalue weighted by Gasteiger charge is -2.09. The van der Waals surface area contributed by atoms with Crippen molar-refractivity contribution in [2.75, 3.05) is 11.9 Å². The molecular formula is C17H18Cl2N2O3. The first-order chi connectivity index (χ1) is 11.5. The van der Waals surface area contributed by atoms with E-state index >= 15 is 0 Å². The van der Waals surface area contributed by atoms with Gasteiger partial charge in [-0.25, -0.2) is 9.78 Å². The zero-order chi connectivity index (χ0) is 17.3. The highest BCUT2D eigenvalue weighted by atomic mass is 35.5. The number of carbonyl (C=O) groups excluding carboxylic acids is 2. The third kappa shape index (κ3) is 4.28. The van der Waals surface area contributed by atoms with Crippen LogP contribution in [0.25, 0.3) is 0 Å². The Morgan fingerprint density at radius 2 is 1.92 bits per heavy atom. The number of allylic oxidation sites excluding steroid dienone is 1. The standard InChI is InChI=1S/C17H18Cl2N2O3/c1-9-13(18)7-20-17(16(9)19)21-14(22)8-24-15(23)6-12(10-2-3-10)11-4-5-11/h6-7,10-11H,2-5,8H2,1H3,(H,20,21,22). The minimum atomic E-state index is -0.493. The molecule has 1 amide bonds. The number of carbonyl (C=O) groups is 2. The van der Waals surface area contributed by atoms with Gasteiger partial charge in [0.2, 0.25) is 0 Å². The summed E-state index contributed by atoms with van der Waals surface area (Å²) in [6.45, 7) is 1.35. The van der Waals surface area contributed by atoms with Crippen LogP contribution >= 0.6 is 23.2 Å². The first-order valence-corrected chi connectivity index (χ1v) is 8.70. The molecule has 1 N–H and O–H groups in total. The average Bonchev–Trinajstić information content (AvgIpc) is 3.44. The fourth-order valence-corrected chi connectivity index (χ4v) is 2.92. The van der Waals surface area contributed by atoms with Crippen LogP contribution in [0.1, 0.15) is 31.2 Å². The van der Waals surface area contributed by atoms with Gasteiger partial charge in [-0.2, -0.15) is 0 Å². The highest BCUT2D eigenvalue weighted by Crippen LogP contribution is 2.48. The van der Waals surface area contributed by atoms with Crippen LogP contribution in [0.15, 0.2) is 17.8 Å². The minimum Gasteiger partial charge on any atom is -0.452 e. The van der Waals surface area contributed by atoms with E-state index in [1.165, 1.54) is 11.8 Å². The van der Waals surface area contributed by atoms with Crippen LogP contribution in [-0.4, -0.2) is 23.5 Å². The molecule has 24 heavy (non-hydrogen) atoms. The molecule has 0 aliphatic heterocycles. The van der Waals surface area contributed by atoms with E-state index in [1.807, 2.05) is 0 Å². The molecule has 3 rings (SSSR count). The van der Waals surface area contributed by atoms with Gasteiger partial charge in [0.25, 0.3) is 5.91 Å². The SMILES string of the molecule is Cc1c(Cl)cnc(NC(=O)COC(=O)C=C(C2CC2)C2CC2)c1Cl. The van der Waals surface area contributed by atoms with Crippen molar-refractivity contribution >= 4 is 40.9 Å². The van der Waals surface area contributed by atoms with Crippen LogP contribution < -0.4 is 5.32 Å². The number of nitrogens with zero attached hydrogens (tertiary/aromatic N) is 1. The lowest BCUT2D eigenvalue weighted by molar-refractivity contribution is -0.142. The molecule has 1 aromatic rings. The molecule has 1 heterocycles. The van der Waals surface area contributed by atoms with E-state index < -0.39 is 11.9 Å². The van der Waals surface area contributed by atoms with Gasteiger partial charge in [-0.05, 0) is 50.0 Å². The van der Waals surface area contributed by atoms with Gasteiger partial charge >= 0.3 is 5.97 Å². The zero-order valence-corrected chi connectivity index (χ0v) is 14.8. The molecule has 2 fully saturated rings. The normalized spacial score (nSPS) is 16.5. The van der Waals surface area contributed by atoms with E-state index in [2.05, 4.69) is 10.3 Å². The van der Waals surface area contributed by atoms with E-state index in [1.54, 1.807) is 13.0 Å². The van der Waals surface area contributed by atoms with Crippen LogP contribution in [-0.2, 0) is 14.3 Å². The lowest BCUT2D eigenvalue weighted by Crippen LogP contribution is -2.21. The van der Waals surface area contributed by atoms with Crippen LogP contribution in [0.3, 0.4) is 0 Å². The molecule has 2 saturated carbocycles. The number of pyridine rings is 1. The highest BCUT2D eigenvalue weighted by molar-refractivity contribution is 6.37. The third-order valence-corrected chi connectivity index (χ3v) is 5.03. The Morgan fingerprint density at radius 3 is 2.50 bits per heavy atom. The summed E-state index contributed by atoms with van der Waals surface area (Å²) in [5.41, 5.74) is 1.82. The lowest BCUT2D eigenvalue weighted by atomic mass is 10.1. The first-order valence-electron chi connectivity index (χ1n) is 7.94. The molecule has 7 heteroatoms. The molecule has 5 nitrogen and oxygen atoms in total. The molecule has 0 aromatic carbocycles. The Balaban J connectivity index is 1.53. The van der Waals surface area contributed by atoms with Crippen molar-refractivity contribution in [2.24, 2.45) is 11.8 Å². The Bertz CT molecular complexity index is 696. The van der Waals surface area contributed by atoms with Crippen molar-refractivity contribution in [3.05, 3.63) is 33.5 Å².